The molecule has 0 unspecified atom stereocenters. The zero-order chi connectivity index (χ0) is 26.7. The van der Waals surface area contributed by atoms with Gasteiger partial charge in [-0.1, -0.05) is 60.7 Å². The van der Waals surface area contributed by atoms with Gasteiger partial charge in [-0.2, -0.15) is 0 Å². The molecule has 194 valence electrons. The van der Waals surface area contributed by atoms with E-state index in [1.54, 1.807) is 0 Å². The molecule has 0 heterocycles. The molecule has 0 bridgehead atoms. The third-order valence-corrected chi connectivity index (χ3v) is 10.4. The maximum atomic E-state index is 9.08. The Morgan fingerprint density at radius 1 is 0.730 bits per heavy atom. The lowest BCUT2D eigenvalue weighted by Gasteiger charge is -2.27. The SMILES string of the molecule is CS(=O)(=O)[O-].Nc1ccc(CNCCC[P+](c2ccccc2)(c2ccccc2)c2ccccc2)cc1N. The summed E-state index contributed by atoms with van der Waals surface area (Å²) in [7, 11) is -5.67. The highest BCUT2D eigenvalue weighted by molar-refractivity contribution is 7.95. The summed E-state index contributed by atoms with van der Waals surface area (Å²) in [6.07, 6.45) is 2.80. The predicted octanol–water partition coefficient (Wildman–Crippen LogP) is 3.49. The highest BCUT2D eigenvalue weighted by atomic mass is 32.2. The third-order valence-electron chi connectivity index (χ3n) is 5.92. The molecule has 0 aliphatic carbocycles. The van der Waals surface area contributed by atoms with E-state index in [-0.39, 0.29) is 0 Å². The maximum absolute atomic E-state index is 9.08. The van der Waals surface area contributed by atoms with Gasteiger partial charge in [0.05, 0.1) is 27.7 Å². The van der Waals surface area contributed by atoms with Crippen LogP contribution < -0.4 is 32.7 Å². The van der Waals surface area contributed by atoms with Crippen molar-refractivity contribution >= 4 is 44.7 Å². The lowest BCUT2D eigenvalue weighted by molar-refractivity contribution is 0.470. The molecule has 0 amide bonds. The molecule has 0 atom stereocenters. The Hall–Kier alpha value is -3.22. The fourth-order valence-corrected chi connectivity index (χ4v) is 8.63. The van der Waals surface area contributed by atoms with E-state index in [4.69, 9.17) is 24.4 Å². The van der Waals surface area contributed by atoms with Crippen LogP contribution in [-0.4, -0.2) is 31.9 Å². The number of nitrogens with one attached hydrogen (secondary N) is 1. The number of benzene rings is 4. The standard InChI is InChI=1S/C28H31N3P.CH4O3S/c29-27-18-17-23(21-28(27)30)22-31-19-10-20-32(24-11-4-1-5-12-24,25-13-6-2-7-14-25)26-15-8-3-9-16-26;1-5(2,3)4/h1-9,11-18,21,31H,10,19-20,22,29-30H2;1H3,(H,2,3,4)/q+1;/p-1. The zero-order valence-corrected chi connectivity index (χ0v) is 22.7. The molecule has 0 aromatic heterocycles. The molecule has 8 heteroatoms. The fourth-order valence-electron chi connectivity index (χ4n) is 4.29. The first-order valence-electron chi connectivity index (χ1n) is 12.0. The van der Waals surface area contributed by atoms with Crippen molar-refractivity contribution in [3.8, 4) is 0 Å². The van der Waals surface area contributed by atoms with Gasteiger partial charge < -0.3 is 21.3 Å². The molecule has 4 aromatic carbocycles. The number of rotatable bonds is 9. The van der Waals surface area contributed by atoms with Gasteiger partial charge >= 0.3 is 0 Å². The maximum Gasteiger partial charge on any atom is 0.112 e. The number of hydrogen-bond donors (Lipinski definition) is 3. The number of nitrogens with two attached hydrogens (primary N) is 2. The second kappa shape index (κ2) is 13.4. The van der Waals surface area contributed by atoms with Gasteiger partial charge in [0.15, 0.2) is 0 Å². The molecule has 4 aromatic rings. The van der Waals surface area contributed by atoms with Crippen molar-refractivity contribution < 1.29 is 13.0 Å². The van der Waals surface area contributed by atoms with Crippen LogP contribution in [0.1, 0.15) is 12.0 Å². The number of hydrogen-bond acceptors (Lipinski definition) is 6. The molecule has 5 N–H and O–H groups in total. The van der Waals surface area contributed by atoms with Crippen LogP contribution in [0.3, 0.4) is 0 Å². The van der Waals surface area contributed by atoms with Crippen LogP contribution in [0.5, 0.6) is 0 Å². The Bertz CT molecular complexity index is 1250. The molecule has 0 spiro atoms. The minimum absolute atomic E-state index is 0.604. The predicted molar refractivity (Wildman–Crippen MR) is 157 cm³/mol. The summed E-state index contributed by atoms with van der Waals surface area (Å²) in [5, 5.41) is 7.90. The van der Waals surface area contributed by atoms with Crippen molar-refractivity contribution in [1.29, 1.82) is 0 Å². The van der Waals surface area contributed by atoms with E-state index in [1.807, 2.05) is 18.2 Å². The highest BCUT2D eigenvalue weighted by Crippen LogP contribution is 2.55. The van der Waals surface area contributed by atoms with Crippen molar-refractivity contribution in [2.24, 2.45) is 0 Å². The monoisotopic (exact) mass is 535 g/mol. The van der Waals surface area contributed by atoms with Gasteiger partial charge in [0, 0.05) is 12.8 Å². The smallest absolute Gasteiger partial charge is 0.112 e. The summed E-state index contributed by atoms with van der Waals surface area (Å²) >= 11 is 0. The second-order valence-corrected chi connectivity index (χ2v) is 13.8. The van der Waals surface area contributed by atoms with Crippen LogP contribution in [0.25, 0.3) is 0 Å². The van der Waals surface area contributed by atoms with Crippen LogP contribution in [-0.2, 0) is 16.7 Å². The first-order chi connectivity index (χ1) is 17.7. The Labute approximate surface area is 220 Å². The topological polar surface area (TPSA) is 121 Å². The van der Waals surface area contributed by atoms with E-state index in [9.17, 15) is 0 Å². The summed E-state index contributed by atoms with van der Waals surface area (Å²) in [5.41, 5.74) is 14.2. The van der Waals surface area contributed by atoms with Gasteiger partial charge in [-0.3, -0.25) is 0 Å². The Balaban J connectivity index is 0.000000695. The Kier molecular flexibility index (Phi) is 10.2. The molecular weight excluding hydrogens is 501 g/mol. The van der Waals surface area contributed by atoms with Crippen molar-refractivity contribution in [2.75, 3.05) is 30.4 Å². The van der Waals surface area contributed by atoms with Crippen LogP contribution in [0.2, 0.25) is 0 Å². The summed E-state index contributed by atoms with van der Waals surface area (Å²) in [5.74, 6) is 0. The molecule has 0 radical (unpaired) electrons. The first kappa shape index (κ1) is 28.4. The van der Waals surface area contributed by atoms with Crippen molar-refractivity contribution in [1.82, 2.24) is 5.32 Å². The molecule has 0 saturated heterocycles. The largest absolute Gasteiger partial charge is 0.748 e. The van der Waals surface area contributed by atoms with Gasteiger partial charge in [0.1, 0.15) is 23.2 Å². The average molecular weight is 536 g/mol. The molecule has 6 nitrogen and oxygen atoms in total. The fraction of sp³-hybridized carbons (Fsp3) is 0.172. The average Bonchev–Trinajstić information content (AvgIpc) is 2.89. The van der Waals surface area contributed by atoms with Gasteiger partial charge in [-0.05, 0) is 67.1 Å². The Morgan fingerprint density at radius 2 is 1.16 bits per heavy atom. The van der Waals surface area contributed by atoms with E-state index in [1.165, 1.54) is 15.9 Å². The number of nitrogen functional groups attached to an aromatic ring is 2. The minimum atomic E-state index is -3.92. The molecule has 37 heavy (non-hydrogen) atoms. The molecular formula is C29H34N3O3PS. The van der Waals surface area contributed by atoms with Crippen LogP contribution >= 0.6 is 7.26 Å². The third kappa shape index (κ3) is 8.41. The first-order valence-corrected chi connectivity index (χ1v) is 15.8. The van der Waals surface area contributed by atoms with Crippen molar-refractivity contribution in [2.45, 2.75) is 13.0 Å². The zero-order valence-electron chi connectivity index (χ0n) is 21.0. The molecule has 0 aliphatic heterocycles. The van der Waals surface area contributed by atoms with E-state index in [0.717, 1.165) is 31.2 Å². The van der Waals surface area contributed by atoms with Crippen molar-refractivity contribution in [3.05, 3.63) is 115 Å². The minimum Gasteiger partial charge on any atom is -0.748 e. The van der Waals surface area contributed by atoms with Crippen molar-refractivity contribution in [3.63, 3.8) is 0 Å². The highest BCUT2D eigenvalue weighted by Gasteiger charge is 2.44. The van der Waals surface area contributed by atoms with E-state index >= 15 is 0 Å². The number of anilines is 2. The normalized spacial score (nSPS) is 11.4. The van der Waals surface area contributed by atoms with E-state index in [0.29, 0.717) is 17.6 Å². The van der Waals surface area contributed by atoms with Crippen LogP contribution in [0, 0.1) is 0 Å². The summed E-state index contributed by atoms with van der Waals surface area (Å²) in [4.78, 5) is 0. The van der Waals surface area contributed by atoms with E-state index in [2.05, 4.69) is 96.3 Å². The van der Waals surface area contributed by atoms with Crippen LogP contribution in [0.4, 0.5) is 11.4 Å². The van der Waals surface area contributed by atoms with Crippen LogP contribution in [0.15, 0.2) is 109 Å². The Morgan fingerprint density at radius 3 is 1.57 bits per heavy atom. The lowest BCUT2D eigenvalue weighted by atomic mass is 10.2. The quantitative estimate of drug-likeness (QED) is 0.131. The van der Waals surface area contributed by atoms with Gasteiger partial charge in [-0.15, -0.1) is 0 Å². The van der Waals surface area contributed by atoms with Gasteiger partial charge in [-0.25, -0.2) is 8.42 Å². The summed E-state index contributed by atoms with van der Waals surface area (Å²) in [6.45, 7) is 1.73. The second-order valence-electron chi connectivity index (χ2n) is 8.74. The van der Waals surface area contributed by atoms with Gasteiger partial charge in [0.2, 0.25) is 0 Å². The molecule has 0 saturated carbocycles. The van der Waals surface area contributed by atoms with E-state index < -0.39 is 17.4 Å². The van der Waals surface area contributed by atoms with Gasteiger partial charge in [0.25, 0.3) is 0 Å². The lowest BCUT2D eigenvalue weighted by Crippen LogP contribution is -2.34. The molecule has 0 aliphatic rings. The summed E-state index contributed by atoms with van der Waals surface area (Å²) < 4.78 is 27.2. The summed E-state index contributed by atoms with van der Waals surface area (Å²) in [6, 6.07) is 39.0. The molecule has 0 fully saturated rings. The molecule has 4 rings (SSSR count).